The zero-order valence-corrected chi connectivity index (χ0v) is 11.0. The molecular formula is C14H21N3O. The SMILES string of the molecule is CC.OCCNc1ccn(Cc2ccccc2)n1. The van der Waals surface area contributed by atoms with Crippen molar-refractivity contribution in [2.24, 2.45) is 0 Å². The second-order valence-electron chi connectivity index (χ2n) is 3.53. The zero-order chi connectivity index (χ0) is 13.2. The normalized spacial score (nSPS) is 9.50. The van der Waals surface area contributed by atoms with E-state index in [0.29, 0.717) is 6.54 Å². The molecule has 18 heavy (non-hydrogen) atoms. The fourth-order valence-corrected chi connectivity index (χ4v) is 1.50. The molecule has 0 spiro atoms. The van der Waals surface area contributed by atoms with Crippen molar-refractivity contribution in [3.8, 4) is 0 Å². The first-order valence-corrected chi connectivity index (χ1v) is 6.30. The van der Waals surface area contributed by atoms with E-state index in [1.54, 1.807) is 0 Å². The lowest BCUT2D eigenvalue weighted by Gasteiger charge is -2.01. The standard InChI is InChI=1S/C12H15N3O.C2H6/c16-9-7-13-12-6-8-15(14-12)10-11-4-2-1-3-5-11;1-2/h1-6,8,16H,7,9-10H2,(H,13,14);1-2H3. The van der Waals surface area contributed by atoms with E-state index in [1.807, 2.05) is 49.0 Å². The van der Waals surface area contributed by atoms with E-state index in [4.69, 9.17) is 5.11 Å². The second kappa shape index (κ2) is 8.31. The number of hydrogen-bond donors (Lipinski definition) is 2. The van der Waals surface area contributed by atoms with Gasteiger partial charge in [0.05, 0.1) is 13.2 Å². The average Bonchev–Trinajstić information content (AvgIpc) is 2.87. The molecule has 0 fully saturated rings. The van der Waals surface area contributed by atoms with Crippen LogP contribution in [0.25, 0.3) is 0 Å². The molecule has 0 atom stereocenters. The topological polar surface area (TPSA) is 50.1 Å². The minimum absolute atomic E-state index is 0.117. The van der Waals surface area contributed by atoms with Crippen LogP contribution in [0, 0.1) is 0 Å². The molecule has 0 unspecified atom stereocenters. The van der Waals surface area contributed by atoms with Crippen molar-refractivity contribution < 1.29 is 5.11 Å². The number of aromatic nitrogens is 2. The van der Waals surface area contributed by atoms with Gasteiger partial charge in [-0.25, -0.2) is 0 Å². The van der Waals surface area contributed by atoms with Crippen molar-refractivity contribution in [3.05, 3.63) is 48.2 Å². The molecule has 0 saturated heterocycles. The first kappa shape index (κ1) is 14.3. The smallest absolute Gasteiger partial charge is 0.148 e. The lowest BCUT2D eigenvalue weighted by atomic mass is 10.2. The summed E-state index contributed by atoms with van der Waals surface area (Å²) in [6.45, 7) is 5.41. The van der Waals surface area contributed by atoms with Crippen LogP contribution in [0.4, 0.5) is 5.82 Å². The van der Waals surface area contributed by atoms with Gasteiger partial charge < -0.3 is 10.4 Å². The van der Waals surface area contributed by atoms with Gasteiger partial charge in [-0.15, -0.1) is 0 Å². The molecule has 4 heteroatoms. The summed E-state index contributed by atoms with van der Waals surface area (Å²) in [5.74, 6) is 0.796. The van der Waals surface area contributed by atoms with Crippen LogP contribution < -0.4 is 5.32 Å². The van der Waals surface area contributed by atoms with Gasteiger partial charge in [0, 0.05) is 18.8 Å². The maximum absolute atomic E-state index is 8.67. The van der Waals surface area contributed by atoms with Crippen LogP contribution in [0.5, 0.6) is 0 Å². The Morgan fingerprint density at radius 1 is 1.17 bits per heavy atom. The van der Waals surface area contributed by atoms with Gasteiger partial charge in [0.2, 0.25) is 0 Å². The molecule has 0 radical (unpaired) electrons. The van der Waals surface area contributed by atoms with E-state index >= 15 is 0 Å². The van der Waals surface area contributed by atoms with E-state index in [2.05, 4.69) is 22.5 Å². The van der Waals surface area contributed by atoms with Crippen molar-refractivity contribution in [2.75, 3.05) is 18.5 Å². The van der Waals surface area contributed by atoms with E-state index in [1.165, 1.54) is 5.56 Å². The van der Waals surface area contributed by atoms with Gasteiger partial charge in [-0.3, -0.25) is 4.68 Å². The summed E-state index contributed by atoms with van der Waals surface area (Å²) in [6.07, 6.45) is 1.92. The first-order chi connectivity index (χ1) is 8.88. The summed E-state index contributed by atoms with van der Waals surface area (Å²) in [6, 6.07) is 12.1. The highest BCUT2D eigenvalue weighted by atomic mass is 16.3. The molecule has 2 rings (SSSR count). The predicted molar refractivity (Wildman–Crippen MR) is 74.7 cm³/mol. The minimum Gasteiger partial charge on any atom is -0.395 e. The maximum atomic E-state index is 8.67. The summed E-state index contributed by atoms with van der Waals surface area (Å²) in [5, 5.41) is 16.0. The lowest BCUT2D eigenvalue weighted by Crippen LogP contribution is -2.07. The molecule has 1 heterocycles. The van der Waals surface area contributed by atoms with Gasteiger partial charge in [0.15, 0.2) is 0 Å². The predicted octanol–water partition coefficient (Wildman–Crippen LogP) is 2.36. The zero-order valence-electron chi connectivity index (χ0n) is 11.0. The summed E-state index contributed by atoms with van der Waals surface area (Å²) >= 11 is 0. The quantitative estimate of drug-likeness (QED) is 0.852. The van der Waals surface area contributed by atoms with Gasteiger partial charge >= 0.3 is 0 Å². The van der Waals surface area contributed by atoms with Crippen molar-refractivity contribution in [3.63, 3.8) is 0 Å². The Morgan fingerprint density at radius 3 is 2.56 bits per heavy atom. The fourth-order valence-electron chi connectivity index (χ4n) is 1.50. The molecule has 1 aromatic carbocycles. The Kier molecular flexibility index (Phi) is 6.58. The molecular weight excluding hydrogens is 226 g/mol. The molecule has 0 saturated carbocycles. The van der Waals surface area contributed by atoms with E-state index < -0.39 is 0 Å². The molecule has 0 amide bonds. The summed E-state index contributed by atoms with van der Waals surface area (Å²) in [4.78, 5) is 0. The third kappa shape index (κ3) is 4.59. The van der Waals surface area contributed by atoms with Crippen molar-refractivity contribution >= 4 is 5.82 Å². The summed E-state index contributed by atoms with van der Waals surface area (Å²) in [5.41, 5.74) is 1.22. The van der Waals surface area contributed by atoms with Gasteiger partial charge in [-0.05, 0) is 5.56 Å². The highest BCUT2D eigenvalue weighted by Gasteiger charge is 1.98. The second-order valence-corrected chi connectivity index (χ2v) is 3.53. The van der Waals surface area contributed by atoms with Crippen molar-refractivity contribution in [1.29, 1.82) is 0 Å². The lowest BCUT2D eigenvalue weighted by molar-refractivity contribution is 0.311. The Labute approximate surface area is 108 Å². The van der Waals surface area contributed by atoms with Crippen LogP contribution in [-0.2, 0) is 6.54 Å². The van der Waals surface area contributed by atoms with Crippen LogP contribution in [0.1, 0.15) is 19.4 Å². The Morgan fingerprint density at radius 2 is 1.89 bits per heavy atom. The van der Waals surface area contributed by atoms with Crippen LogP contribution in [0.15, 0.2) is 42.6 Å². The Balaban J connectivity index is 0.000000771. The number of aliphatic hydroxyl groups is 1. The first-order valence-electron chi connectivity index (χ1n) is 6.30. The molecule has 0 bridgehead atoms. The molecule has 1 aromatic heterocycles. The Hall–Kier alpha value is -1.81. The van der Waals surface area contributed by atoms with E-state index in [-0.39, 0.29) is 6.61 Å². The minimum atomic E-state index is 0.117. The molecule has 98 valence electrons. The molecule has 0 aliphatic heterocycles. The maximum Gasteiger partial charge on any atom is 0.148 e. The largest absolute Gasteiger partial charge is 0.395 e. The molecule has 0 aliphatic rings. The van der Waals surface area contributed by atoms with E-state index in [9.17, 15) is 0 Å². The molecule has 0 aliphatic carbocycles. The summed E-state index contributed by atoms with van der Waals surface area (Å²) in [7, 11) is 0. The number of rotatable bonds is 5. The van der Waals surface area contributed by atoms with Crippen LogP contribution in [-0.4, -0.2) is 28.0 Å². The number of hydrogen-bond acceptors (Lipinski definition) is 3. The Bertz CT molecular complexity index is 426. The van der Waals surface area contributed by atoms with Crippen LogP contribution >= 0.6 is 0 Å². The summed E-state index contributed by atoms with van der Waals surface area (Å²) < 4.78 is 1.87. The highest BCUT2D eigenvalue weighted by Crippen LogP contribution is 2.05. The monoisotopic (exact) mass is 247 g/mol. The van der Waals surface area contributed by atoms with Crippen LogP contribution in [0.2, 0.25) is 0 Å². The molecule has 2 aromatic rings. The third-order valence-corrected chi connectivity index (χ3v) is 2.25. The van der Waals surface area contributed by atoms with Gasteiger partial charge in [-0.2, -0.15) is 5.10 Å². The number of aliphatic hydroxyl groups excluding tert-OH is 1. The van der Waals surface area contributed by atoms with Crippen LogP contribution in [0.3, 0.4) is 0 Å². The van der Waals surface area contributed by atoms with Gasteiger partial charge in [0.25, 0.3) is 0 Å². The van der Waals surface area contributed by atoms with Gasteiger partial charge in [-0.1, -0.05) is 44.2 Å². The average molecular weight is 247 g/mol. The number of nitrogens with zero attached hydrogens (tertiary/aromatic N) is 2. The number of nitrogens with one attached hydrogen (secondary N) is 1. The number of benzene rings is 1. The third-order valence-electron chi connectivity index (χ3n) is 2.25. The van der Waals surface area contributed by atoms with Crippen molar-refractivity contribution in [2.45, 2.75) is 20.4 Å². The number of anilines is 1. The van der Waals surface area contributed by atoms with Gasteiger partial charge in [0.1, 0.15) is 5.82 Å². The molecule has 4 nitrogen and oxygen atoms in total. The highest BCUT2D eigenvalue weighted by molar-refractivity contribution is 5.32. The fraction of sp³-hybridized carbons (Fsp3) is 0.357. The van der Waals surface area contributed by atoms with Crippen molar-refractivity contribution in [1.82, 2.24) is 9.78 Å². The molecule has 2 N–H and O–H groups in total. The van der Waals surface area contributed by atoms with E-state index in [0.717, 1.165) is 12.4 Å².